The topological polar surface area (TPSA) is 26.0 Å². The van der Waals surface area contributed by atoms with E-state index >= 15 is 0 Å². The second kappa shape index (κ2) is 3.14. The molecule has 1 heteroatoms. The fourth-order valence-corrected chi connectivity index (χ4v) is 2.32. The molecule has 2 aliphatic rings. The average molecular weight is 153 g/mol. The Morgan fingerprint density at radius 1 is 1.09 bits per heavy atom. The van der Waals surface area contributed by atoms with Crippen molar-refractivity contribution in [1.82, 2.24) is 0 Å². The molecule has 0 heterocycles. The number of rotatable bonds is 3. The summed E-state index contributed by atoms with van der Waals surface area (Å²) in [4.78, 5) is 0. The lowest BCUT2D eigenvalue weighted by molar-refractivity contribution is 0.394. The first-order chi connectivity index (χ1) is 5.36. The first kappa shape index (κ1) is 7.60. The normalized spacial score (nSPS) is 29.2. The van der Waals surface area contributed by atoms with Gasteiger partial charge in [-0.2, -0.15) is 0 Å². The third kappa shape index (κ3) is 1.96. The van der Waals surface area contributed by atoms with Crippen molar-refractivity contribution in [2.45, 2.75) is 51.0 Å². The van der Waals surface area contributed by atoms with E-state index in [2.05, 4.69) is 0 Å². The standard InChI is InChI=1S/C10H19N/c11-10(7-8-5-6-8)9-3-1-2-4-9/h8-10H,1-7,11H2. The smallest absolute Gasteiger partial charge is 0.00697 e. The van der Waals surface area contributed by atoms with Gasteiger partial charge in [0, 0.05) is 6.04 Å². The zero-order valence-electron chi connectivity index (χ0n) is 7.26. The molecule has 1 nitrogen and oxygen atoms in total. The van der Waals surface area contributed by atoms with Gasteiger partial charge >= 0.3 is 0 Å². The van der Waals surface area contributed by atoms with Gasteiger partial charge in [0.05, 0.1) is 0 Å². The van der Waals surface area contributed by atoms with Gasteiger partial charge in [-0.05, 0) is 31.1 Å². The molecule has 0 saturated heterocycles. The van der Waals surface area contributed by atoms with E-state index in [0.717, 1.165) is 11.8 Å². The largest absolute Gasteiger partial charge is 0.327 e. The highest BCUT2D eigenvalue weighted by molar-refractivity contribution is 4.84. The Labute approximate surface area is 69.4 Å². The van der Waals surface area contributed by atoms with Gasteiger partial charge in [0.15, 0.2) is 0 Å². The molecule has 2 saturated carbocycles. The number of hydrogen-bond acceptors (Lipinski definition) is 1. The van der Waals surface area contributed by atoms with Gasteiger partial charge in [-0.25, -0.2) is 0 Å². The van der Waals surface area contributed by atoms with Crippen molar-refractivity contribution in [2.24, 2.45) is 17.6 Å². The highest BCUT2D eigenvalue weighted by atomic mass is 14.7. The summed E-state index contributed by atoms with van der Waals surface area (Å²) in [5.74, 6) is 1.90. The van der Waals surface area contributed by atoms with Crippen LogP contribution in [0.2, 0.25) is 0 Å². The third-order valence-electron chi connectivity index (χ3n) is 3.31. The highest BCUT2D eigenvalue weighted by Gasteiger charge is 2.29. The molecule has 2 rings (SSSR count). The molecule has 1 unspecified atom stereocenters. The van der Waals surface area contributed by atoms with E-state index < -0.39 is 0 Å². The van der Waals surface area contributed by atoms with E-state index in [1.54, 1.807) is 0 Å². The molecule has 0 aromatic heterocycles. The highest BCUT2D eigenvalue weighted by Crippen LogP contribution is 2.37. The molecule has 0 spiro atoms. The van der Waals surface area contributed by atoms with Gasteiger partial charge in [0.1, 0.15) is 0 Å². The quantitative estimate of drug-likeness (QED) is 0.661. The van der Waals surface area contributed by atoms with E-state index in [1.165, 1.54) is 44.9 Å². The van der Waals surface area contributed by atoms with Crippen molar-refractivity contribution in [3.05, 3.63) is 0 Å². The molecule has 0 aliphatic heterocycles. The summed E-state index contributed by atoms with van der Waals surface area (Å²) in [6.45, 7) is 0. The van der Waals surface area contributed by atoms with Crippen LogP contribution in [0.4, 0.5) is 0 Å². The van der Waals surface area contributed by atoms with Crippen LogP contribution in [0.3, 0.4) is 0 Å². The van der Waals surface area contributed by atoms with E-state index in [0.29, 0.717) is 6.04 Å². The summed E-state index contributed by atoms with van der Waals surface area (Å²) < 4.78 is 0. The molecule has 64 valence electrons. The summed E-state index contributed by atoms with van der Waals surface area (Å²) in [5, 5.41) is 0. The van der Waals surface area contributed by atoms with Crippen molar-refractivity contribution >= 4 is 0 Å². The van der Waals surface area contributed by atoms with E-state index in [4.69, 9.17) is 5.73 Å². The third-order valence-corrected chi connectivity index (χ3v) is 3.31. The minimum Gasteiger partial charge on any atom is -0.327 e. The maximum absolute atomic E-state index is 6.12. The van der Waals surface area contributed by atoms with Crippen LogP contribution in [-0.4, -0.2) is 6.04 Å². The second-order valence-corrected chi connectivity index (χ2v) is 4.39. The monoisotopic (exact) mass is 153 g/mol. The van der Waals surface area contributed by atoms with Gasteiger partial charge in [-0.15, -0.1) is 0 Å². The summed E-state index contributed by atoms with van der Waals surface area (Å²) in [6, 6.07) is 0.546. The zero-order chi connectivity index (χ0) is 7.68. The van der Waals surface area contributed by atoms with E-state index in [1.807, 2.05) is 0 Å². The molecule has 0 radical (unpaired) electrons. The van der Waals surface area contributed by atoms with Gasteiger partial charge in [-0.1, -0.05) is 25.7 Å². The summed E-state index contributed by atoms with van der Waals surface area (Å²) >= 11 is 0. The number of nitrogens with two attached hydrogens (primary N) is 1. The van der Waals surface area contributed by atoms with Crippen LogP contribution in [-0.2, 0) is 0 Å². The SMILES string of the molecule is NC(CC1CC1)C1CCCC1. The van der Waals surface area contributed by atoms with Crippen LogP contribution in [0, 0.1) is 11.8 Å². The predicted molar refractivity (Wildman–Crippen MR) is 47.3 cm³/mol. The molecular weight excluding hydrogens is 134 g/mol. The molecule has 0 aromatic rings. The van der Waals surface area contributed by atoms with Crippen LogP contribution in [0.15, 0.2) is 0 Å². The molecular formula is C10H19N. The Balaban J connectivity index is 1.73. The van der Waals surface area contributed by atoms with E-state index in [-0.39, 0.29) is 0 Å². The molecule has 2 aliphatic carbocycles. The first-order valence-electron chi connectivity index (χ1n) is 5.12. The van der Waals surface area contributed by atoms with Gasteiger partial charge < -0.3 is 5.73 Å². The summed E-state index contributed by atoms with van der Waals surface area (Å²) in [5.41, 5.74) is 6.12. The fraction of sp³-hybridized carbons (Fsp3) is 1.00. The lowest BCUT2D eigenvalue weighted by Gasteiger charge is -2.17. The predicted octanol–water partition coefficient (Wildman–Crippen LogP) is 2.30. The molecule has 11 heavy (non-hydrogen) atoms. The minimum atomic E-state index is 0.546. The molecule has 0 amide bonds. The van der Waals surface area contributed by atoms with Crippen molar-refractivity contribution in [3.8, 4) is 0 Å². The van der Waals surface area contributed by atoms with Crippen LogP contribution in [0.1, 0.15) is 44.9 Å². The van der Waals surface area contributed by atoms with Crippen molar-refractivity contribution in [2.75, 3.05) is 0 Å². The molecule has 2 N–H and O–H groups in total. The lowest BCUT2D eigenvalue weighted by Crippen LogP contribution is -2.28. The average Bonchev–Trinajstić information content (AvgIpc) is 2.67. The van der Waals surface area contributed by atoms with Crippen LogP contribution >= 0.6 is 0 Å². The van der Waals surface area contributed by atoms with Gasteiger partial charge in [-0.3, -0.25) is 0 Å². The van der Waals surface area contributed by atoms with Crippen LogP contribution < -0.4 is 5.73 Å². The maximum Gasteiger partial charge on any atom is 0.00697 e. The van der Waals surface area contributed by atoms with Crippen molar-refractivity contribution in [3.63, 3.8) is 0 Å². The molecule has 1 atom stereocenters. The fourth-order valence-electron chi connectivity index (χ4n) is 2.32. The van der Waals surface area contributed by atoms with E-state index in [9.17, 15) is 0 Å². The number of hydrogen-bond donors (Lipinski definition) is 1. The molecule has 2 fully saturated rings. The second-order valence-electron chi connectivity index (χ2n) is 4.39. The Kier molecular flexibility index (Phi) is 2.17. The first-order valence-corrected chi connectivity index (χ1v) is 5.12. The lowest BCUT2D eigenvalue weighted by atomic mass is 9.94. The summed E-state index contributed by atoms with van der Waals surface area (Å²) in [7, 11) is 0. The zero-order valence-corrected chi connectivity index (χ0v) is 7.26. The summed E-state index contributed by atoms with van der Waals surface area (Å²) in [6.07, 6.45) is 9.93. The Morgan fingerprint density at radius 3 is 2.27 bits per heavy atom. The Bertz CT molecular complexity index is 123. The van der Waals surface area contributed by atoms with Gasteiger partial charge in [0.2, 0.25) is 0 Å². The maximum atomic E-state index is 6.12. The Hall–Kier alpha value is -0.0400. The Morgan fingerprint density at radius 2 is 1.73 bits per heavy atom. The van der Waals surface area contributed by atoms with Crippen molar-refractivity contribution in [1.29, 1.82) is 0 Å². The van der Waals surface area contributed by atoms with Crippen molar-refractivity contribution < 1.29 is 0 Å². The van der Waals surface area contributed by atoms with Crippen LogP contribution in [0.25, 0.3) is 0 Å². The molecule has 0 bridgehead atoms. The van der Waals surface area contributed by atoms with Gasteiger partial charge in [0.25, 0.3) is 0 Å². The van der Waals surface area contributed by atoms with Crippen LogP contribution in [0.5, 0.6) is 0 Å². The molecule has 0 aromatic carbocycles. The minimum absolute atomic E-state index is 0.546.